The molecule has 0 aliphatic rings. The lowest BCUT2D eigenvalue weighted by molar-refractivity contribution is 1.18. The zero-order chi connectivity index (χ0) is 43.1. The summed E-state index contributed by atoms with van der Waals surface area (Å²) >= 11 is 0. The van der Waals surface area contributed by atoms with Gasteiger partial charge in [0.25, 0.3) is 0 Å². The molecule has 1 aromatic heterocycles. The Kier molecular flexibility index (Phi) is 9.50. The van der Waals surface area contributed by atoms with Gasteiger partial charge in [-0.1, -0.05) is 164 Å². The summed E-state index contributed by atoms with van der Waals surface area (Å²) in [6.45, 7) is 0. The van der Waals surface area contributed by atoms with Crippen LogP contribution in [0.3, 0.4) is 0 Å². The van der Waals surface area contributed by atoms with Crippen LogP contribution in [0.1, 0.15) is 0 Å². The van der Waals surface area contributed by atoms with Crippen LogP contribution in [0.4, 0.5) is 34.1 Å². The van der Waals surface area contributed by atoms with Crippen molar-refractivity contribution in [2.75, 3.05) is 9.80 Å². The second kappa shape index (κ2) is 16.2. The third kappa shape index (κ3) is 7.06. The summed E-state index contributed by atoms with van der Waals surface area (Å²) in [6, 6.07) is 94.5. The smallest absolute Gasteiger partial charge is 0.0541 e. The van der Waals surface area contributed by atoms with Gasteiger partial charge in [-0.25, -0.2) is 0 Å². The van der Waals surface area contributed by atoms with Gasteiger partial charge in [0.05, 0.1) is 11.0 Å². The van der Waals surface area contributed by atoms with Crippen LogP contribution in [-0.4, -0.2) is 4.57 Å². The molecular weight excluding hydrogens is 787 g/mol. The van der Waals surface area contributed by atoms with E-state index in [1.807, 2.05) is 0 Å². The van der Waals surface area contributed by atoms with Crippen molar-refractivity contribution in [3.63, 3.8) is 0 Å². The number of hydrogen-bond acceptors (Lipinski definition) is 2. The molecule has 0 unspecified atom stereocenters. The summed E-state index contributed by atoms with van der Waals surface area (Å²) < 4.78 is 2.37. The summed E-state index contributed by atoms with van der Waals surface area (Å²) in [5, 5.41) is 7.31. The highest BCUT2D eigenvalue weighted by atomic mass is 15.2. The molecule has 0 fully saturated rings. The van der Waals surface area contributed by atoms with Crippen molar-refractivity contribution in [3.8, 4) is 27.9 Å². The van der Waals surface area contributed by atoms with Gasteiger partial charge in [0, 0.05) is 50.6 Å². The molecule has 0 atom stereocenters. The molecule has 306 valence electrons. The van der Waals surface area contributed by atoms with Gasteiger partial charge < -0.3 is 14.4 Å². The molecule has 0 radical (unpaired) electrons. The summed E-state index contributed by atoms with van der Waals surface area (Å²) in [5.41, 5.74) is 14.7. The van der Waals surface area contributed by atoms with Crippen molar-refractivity contribution in [3.05, 3.63) is 261 Å². The van der Waals surface area contributed by atoms with Gasteiger partial charge in [-0.2, -0.15) is 0 Å². The predicted molar refractivity (Wildman–Crippen MR) is 276 cm³/mol. The standard InChI is InChI=1S/C62H43N3/c1-4-20-52(21-5-1)63(55-35-32-44-16-10-12-18-48(44)38-55)57-40-51(41-58(43-57)64(53-22-6-2-7-23-53)56-36-33-45-17-11-13-19-49(45)39-56)47-30-28-46(29-31-47)50-34-37-62-60(42-50)59-26-14-15-27-61(59)65(62)54-24-8-3-9-25-54/h1-43H. The van der Waals surface area contributed by atoms with Crippen molar-refractivity contribution in [2.45, 2.75) is 0 Å². The number of aromatic nitrogens is 1. The fourth-order valence-electron chi connectivity index (χ4n) is 9.56. The Hall–Kier alpha value is -8.66. The lowest BCUT2D eigenvalue weighted by Gasteiger charge is -2.30. The van der Waals surface area contributed by atoms with E-state index in [1.54, 1.807) is 0 Å². The lowest BCUT2D eigenvalue weighted by Crippen LogP contribution is -2.13. The van der Waals surface area contributed by atoms with Gasteiger partial charge in [0.2, 0.25) is 0 Å². The number of nitrogens with zero attached hydrogens (tertiary/aromatic N) is 3. The number of hydrogen-bond donors (Lipinski definition) is 0. The molecule has 12 rings (SSSR count). The Bertz CT molecular complexity index is 3510. The van der Waals surface area contributed by atoms with Crippen LogP contribution in [0.5, 0.6) is 0 Å². The van der Waals surface area contributed by atoms with Crippen molar-refractivity contribution in [1.82, 2.24) is 4.57 Å². The Morgan fingerprint density at radius 1 is 0.231 bits per heavy atom. The molecule has 3 heteroatoms. The summed E-state index contributed by atoms with van der Waals surface area (Å²) in [6.07, 6.45) is 0. The van der Waals surface area contributed by atoms with E-state index in [9.17, 15) is 0 Å². The number of benzene rings is 11. The maximum absolute atomic E-state index is 2.39. The van der Waals surface area contributed by atoms with E-state index in [4.69, 9.17) is 0 Å². The average Bonchev–Trinajstić information content (AvgIpc) is 3.71. The topological polar surface area (TPSA) is 11.4 Å². The average molecular weight is 830 g/mol. The molecule has 3 nitrogen and oxygen atoms in total. The molecular formula is C62H43N3. The first kappa shape index (κ1) is 38.0. The van der Waals surface area contributed by atoms with E-state index >= 15 is 0 Å². The second-order valence-electron chi connectivity index (χ2n) is 16.6. The Morgan fingerprint density at radius 3 is 1.25 bits per heavy atom. The fraction of sp³-hybridized carbons (Fsp3) is 0. The molecule has 65 heavy (non-hydrogen) atoms. The van der Waals surface area contributed by atoms with Gasteiger partial charge in [-0.05, 0) is 141 Å². The van der Waals surface area contributed by atoms with Crippen LogP contribution in [0.25, 0.3) is 71.3 Å². The van der Waals surface area contributed by atoms with Crippen LogP contribution in [0, 0.1) is 0 Å². The Balaban J connectivity index is 1.03. The van der Waals surface area contributed by atoms with Crippen LogP contribution in [0.15, 0.2) is 261 Å². The zero-order valence-corrected chi connectivity index (χ0v) is 35.7. The van der Waals surface area contributed by atoms with Crippen molar-refractivity contribution < 1.29 is 0 Å². The lowest BCUT2D eigenvalue weighted by atomic mass is 9.97. The normalized spacial score (nSPS) is 11.4. The van der Waals surface area contributed by atoms with E-state index in [0.29, 0.717) is 0 Å². The molecule has 0 aliphatic heterocycles. The second-order valence-corrected chi connectivity index (χ2v) is 16.6. The molecule has 0 aliphatic carbocycles. The number of para-hydroxylation sites is 4. The fourth-order valence-corrected chi connectivity index (χ4v) is 9.56. The molecule has 0 spiro atoms. The van der Waals surface area contributed by atoms with Crippen molar-refractivity contribution in [2.24, 2.45) is 0 Å². The molecule has 0 bridgehead atoms. The van der Waals surface area contributed by atoms with E-state index < -0.39 is 0 Å². The van der Waals surface area contributed by atoms with Crippen LogP contribution in [-0.2, 0) is 0 Å². The minimum atomic E-state index is 1.06. The summed E-state index contributed by atoms with van der Waals surface area (Å²) in [5.74, 6) is 0. The molecule has 11 aromatic carbocycles. The SMILES string of the molecule is c1ccc(N(c2cc(-c3ccc(-c4ccc5c(c4)c4ccccc4n5-c4ccccc4)cc3)cc(N(c3ccccc3)c3ccc4ccccc4c3)c2)c2ccc3ccccc3c2)cc1. The first-order valence-electron chi connectivity index (χ1n) is 22.2. The third-order valence-electron chi connectivity index (χ3n) is 12.7. The zero-order valence-electron chi connectivity index (χ0n) is 35.7. The first-order valence-corrected chi connectivity index (χ1v) is 22.2. The largest absolute Gasteiger partial charge is 0.310 e. The minimum Gasteiger partial charge on any atom is -0.310 e. The van der Waals surface area contributed by atoms with E-state index in [1.165, 1.54) is 54.5 Å². The maximum Gasteiger partial charge on any atom is 0.0541 e. The monoisotopic (exact) mass is 829 g/mol. The molecule has 0 saturated heterocycles. The highest BCUT2D eigenvalue weighted by Gasteiger charge is 2.20. The van der Waals surface area contributed by atoms with Crippen LogP contribution >= 0.6 is 0 Å². The third-order valence-corrected chi connectivity index (χ3v) is 12.7. The highest BCUT2D eigenvalue weighted by molar-refractivity contribution is 6.10. The summed E-state index contributed by atoms with van der Waals surface area (Å²) in [7, 11) is 0. The van der Waals surface area contributed by atoms with Crippen LogP contribution in [0.2, 0.25) is 0 Å². The van der Waals surface area contributed by atoms with Gasteiger partial charge in [0.15, 0.2) is 0 Å². The summed E-state index contributed by atoms with van der Waals surface area (Å²) in [4.78, 5) is 4.77. The number of fused-ring (bicyclic) bond motifs is 5. The van der Waals surface area contributed by atoms with Gasteiger partial charge >= 0.3 is 0 Å². The molecule has 0 amide bonds. The van der Waals surface area contributed by atoms with E-state index in [-0.39, 0.29) is 0 Å². The van der Waals surface area contributed by atoms with Crippen molar-refractivity contribution >= 4 is 77.5 Å². The first-order chi connectivity index (χ1) is 32.2. The van der Waals surface area contributed by atoms with E-state index in [0.717, 1.165) is 50.9 Å². The molecule has 0 saturated carbocycles. The predicted octanol–water partition coefficient (Wildman–Crippen LogP) is 17.4. The van der Waals surface area contributed by atoms with Gasteiger partial charge in [-0.3, -0.25) is 0 Å². The molecule has 12 aromatic rings. The van der Waals surface area contributed by atoms with Gasteiger partial charge in [-0.15, -0.1) is 0 Å². The highest BCUT2D eigenvalue weighted by Crippen LogP contribution is 2.44. The van der Waals surface area contributed by atoms with Crippen molar-refractivity contribution in [1.29, 1.82) is 0 Å². The number of anilines is 6. The minimum absolute atomic E-state index is 1.06. The van der Waals surface area contributed by atoms with Gasteiger partial charge in [0.1, 0.15) is 0 Å². The van der Waals surface area contributed by atoms with E-state index in [2.05, 4.69) is 275 Å². The Morgan fingerprint density at radius 2 is 0.677 bits per heavy atom. The maximum atomic E-state index is 2.39. The molecule has 1 heterocycles. The quantitative estimate of drug-likeness (QED) is 0.144. The Labute approximate surface area is 378 Å². The molecule has 0 N–H and O–H groups in total. The number of rotatable bonds is 9. The van der Waals surface area contributed by atoms with Crippen LogP contribution < -0.4 is 9.80 Å².